The minimum atomic E-state index is -4.58. The molecule has 1 heterocycles. The third-order valence-electron chi connectivity index (χ3n) is 3.21. The summed E-state index contributed by atoms with van der Waals surface area (Å²) >= 11 is 0. The third-order valence-corrected chi connectivity index (χ3v) is 3.21. The Bertz CT molecular complexity index is 668. The number of hydrogen-bond acceptors (Lipinski definition) is 3. The van der Waals surface area contributed by atoms with Crippen LogP contribution in [0.4, 0.5) is 13.2 Å². The van der Waals surface area contributed by atoms with Gasteiger partial charge < -0.3 is 10.4 Å². The van der Waals surface area contributed by atoms with Crippen LogP contribution in [0, 0.1) is 0 Å². The lowest BCUT2D eigenvalue weighted by Crippen LogP contribution is -2.25. The van der Waals surface area contributed by atoms with Gasteiger partial charge in [0.1, 0.15) is 0 Å². The fraction of sp³-hybridized carbons (Fsp3) is 0.333. The molecule has 1 aromatic carbocycles. The fourth-order valence-corrected chi connectivity index (χ4v) is 2.14. The lowest BCUT2D eigenvalue weighted by Gasteiger charge is -2.11. The molecule has 2 rings (SSSR count). The van der Waals surface area contributed by atoms with Crippen LogP contribution < -0.4 is 5.32 Å². The summed E-state index contributed by atoms with van der Waals surface area (Å²) in [5.41, 5.74) is -0.577. The van der Waals surface area contributed by atoms with Gasteiger partial charge in [0.15, 0.2) is 5.69 Å². The number of benzene rings is 1. The quantitative estimate of drug-likeness (QED) is 0.884. The molecular formula is C15H16F3N3O2. The summed E-state index contributed by atoms with van der Waals surface area (Å²) < 4.78 is 39.4. The number of carbonyl (C=O) groups is 1. The molecule has 1 amide bonds. The standard InChI is InChI=1S/C15H16F3N3O2/c1-21-9-11(14(20-21)15(16,17)18)8-19-13(23)7-12(22)10-5-3-2-4-6-10/h2-6,9,12,22H,7-8H2,1H3,(H,19,23). The van der Waals surface area contributed by atoms with E-state index >= 15 is 0 Å². The topological polar surface area (TPSA) is 67.2 Å². The van der Waals surface area contributed by atoms with E-state index in [1.807, 2.05) is 0 Å². The molecule has 0 radical (unpaired) electrons. The molecular weight excluding hydrogens is 311 g/mol. The second-order valence-electron chi connectivity index (χ2n) is 5.08. The number of aryl methyl sites for hydroxylation is 1. The maximum Gasteiger partial charge on any atom is 0.435 e. The number of nitrogens with one attached hydrogen (secondary N) is 1. The number of amides is 1. The van der Waals surface area contributed by atoms with E-state index in [4.69, 9.17) is 0 Å². The molecule has 0 bridgehead atoms. The molecule has 0 saturated carbocycles. The van der Waals surface area contributed by atoms with E-state index in [1.54, 1.807) is 30.3 Å². The number of aliphatic hydroxyl groups excluding tert-OH is 1. The summed E-state index contributed by atoms with van der Waals surface area (Å²) in [7, 11) is 1.37. The molecule has 0 saturated heterocycles. The average molecular weight is 327 g/mol. The monoisotopic (exact) mass is 327 g/mol. The van der Waals surface area contributed by atoms with Crippen LogP contribution in [-0.4, -0.2) is 20.8 Å². The van der Waals surface area contributed by atoms with E-state index in [0.717, 1.165) is 4.68 Å². The normalized spacial score (nSPS) is 12.9. The van der Waals surface area contributed by atoms with Crippen LogP contribution in [0.15, 0.2) is 36.5 Å². The molecule has 8 heteroatoms. The van der Waals surface area contributed by atoms with Crippen molar-refractivity contribution in [3.8, 4) is 0 Å². The number of carbonyl (C=O) groups excluding carboxylic acids is 1. The van der Waals surface area contributed by atoms with Crippen LogP contribution in [0.3, 0.4) is 0 Å². The minimum Gasteiger partial charge on any atom is -0.388 e. The zero-order valence-electron chi connectivity index (χ0n) is 12.3. The van der Waals surface area contributed by atoms with E-state index in [2.05, 4.69) is 10.4 Å². The predicted octanol–water partition coefficient (Wildman–Crippen LogP) is 2.18. The third kappa shape index (κ3) is 4.56. The molecule has 2 N–H and O–H groups in total. The molecule has 1 atom stereocenters. The minimum absolute atomic E-state index is 0.123. The summed E-state index contributed by atoms with van der Waals surface area (Å²) in [6.07, 6.45) is -4.61. The van der Waals surface area contributed by atoms with Crippen molar-refractivity contribution in [2.75, 3.05) is 0 Å². The highest BCUT2D eigenvalue weighted by molar-refractivity contribution is 5.76. The van der Waals surface area contributed by atoms with Crippen molar-refractivity contribution >= 4 is 5.91 Å². The predicted molar refractivity (Wildman–Crippen MR) is 76.1 cm³/mol. The lowest BCUT2D eigenvalue weighted by atomic mass is 10.1. The van der Waals surface area contributed by atoms with Crippen molar-refractivity contribution in [3.63, 3.8) is 0 Å². The van der Waals surface area contributed by atoms with Gasteiger partial charge in [-0.1, -0.05) is 30.3 Å². The van der Waals surface area contributed by atoms with Crippen LogP contribution in [0.5, 0.6) is 0 Å². The second kappa shape index (κ2) is 6.82. The number of hydrogen-bond donors (Lipinski definition) is 2. The van der Waals surface area contributed by atoms with Crippen molar-refractivity contribution in [2.24, 2.45) is 7.05 Å². The summed E-state index contributed by atoms with van der Waals surface area (Å²) in [6, 6.07) is 8.56. The Balaban J connectivity index is 1.95. The molecule has 0 aliphatic carbocycles. The molecule has 1 aromatic heterocycles. The zero-order valence-corrected chi connectivity index (χ0v) is 12.3. The average Bonchev–Trinajstić information content (AvgIpc) is 2.87. The lowest BCUT2D eigenvalue weighted by molar-refractivity contribution is -0.142. The first-order valence-corrected chi connectivity index (χ1v) is 6.87. The Morgan fingerprint density at radius 2 is 2.00 bits per heavy atom. The Kier molecular flexibility index (Phi) is 5.05. The first-order chi connectivity index (χ1) is 10.8. The fourth-order valence-electron chi connectivity index (χ4n) is 2.14. The van der Waals surface area contributed by atoms with Crippen LogP contribution >= 0.6 is 0 Å². The van der Waals surface area contributed by atoms with Gasteiger partial charge in [-0.25, -0.2) is 0 Å². The van der Waals surface area contributed by atoms with Gasteiger partial charge in [-0.05, 0) is 5.56 Å². The Labute approximate surface area is 130 Å². The molecule has 0 spiro atoms. The highest BCUT2D eigenvalue weighted by atomic mass is 19.4. The van der Waals surface area contributed by atoms with Crippen molar-refractivity contribution in [1.82, 2.24) is 15.1 Å². The van der Waals surface area contributed by atoms with Crippen molar-refractivity contribution in [2.45, 2.75) is 25.2 Å². The summed E-state index contributed by atoms with van der Waals surface area (Å²) in [5.74, 6) is -0.543. The molecule has 0 fully saturated rings. The summed E-state index contributed by atoms with van der Waals surface area (Å²) in [6.45, 7) is -0.303. The van der Waals surface area contributed by atoms with Crippen LogP contribution in [0.25, 0.3) is 0 Å². The number of halogens is 3. The Morgan fingerprint density at radius 3 is 2.61 bits per heavy atom. The number of nitrogens with zero attached hydrogens (tertiary/aromatic N) is 2. The van der Waals surface area contributed by atoms with Crippen LogP contribution in [0.2, 0.25) is 0 Å². The number of aromatic nitrogens is 2. The van der Waals surface area contributed by atoms with Gasteiger partial charge >= 0.3 is 6.18 Å². The Morgan fingerprint density at radius 1 is 1.35 bits per heavy atom. The summed E-state index contributed by atoms with van der Waals surface area (Å²) in [5, 5.41) is 15.7. The van der Waals surface area contributed by atoms with E-state index in [1.165, 1.54) is 13.2 Å². The first kappa shape index (κ1) is 17.0. The van der Waals surface area contributed by atoms with Gasteiger partial charge in [-0.3, -0.25) is 9.48 Å². The highest BCUT2D eigenvalue weighted by Crippen LogP contribution is 2.30. The highest BCUT2D eigenvalue weighted by Gasteiger charge is 2.36. The first-order valence-electron chi connectivity index (χ1n) is 6.87. The number of alkyl halides is 3. The van der Waals surface area contributed by atoms with Crippen LogP contribution in [-0.2, 0) is 24.6 Å². The number of rotatable bonds is 5. The van der Waals surface area contributed by atoms with E-state index in [0.29, 0.717) is 5.56 Å². The maximum absolute atomic E-state index is 12.8. The van der Waals surface area contributed by atoms with E-state index in [9.17, 15) is 23.1 Å². The number of aliphatic hydroxyl groups is 1. The van der Waals surface area contributed by atoms with E-state index in [-0.39, 0.29) is 18.5 Å². The maximum atomic E-state index is 12.8. The van der Waals surface area contributed by atoms with Gasteiger partial charge in [-0.2, -0.15) is 18.3 Å². The largest absolute Gasteiger partial charge is 0.435 e. The molecule has 0 aliphatic heterocycles. The van der Waals surface area contributed by atoms with Crippen molar-refractivity contribution in [1.29, 1.82) is 0 Å². The molecule has 5 nitrogen and oxygen atoms in total. The smallest absolute Gasteiger partial charge is 0.388 e. The van der Waals surface area contributed by atoms with Gasteiger partial charge in [0.2, 0.25) is 5.91 Å². The van der Waals surface area contributed by atoms with Crippen LogP contribution in [0.1, 0.15) is 29.3 Å². The molecule has 23 heavy (non-hydrogen) atoms. The SMILES string of the molecule is Cn1cc(CNC(=O)CC(O)c2ccccc2)c(C(F)(F)F)n1. The molecule has 2 aromatic rings. The summed E-state index contributed by atoms with van der Waals surface area (Å²) in [4.78, 5) is 11.8. The Hall–Kier alpha value is -2.35. The molecule has 1 unspecified atom stereocenters. The molecule has 124 valence electrons. The van der Waals surface area contributed by atoms with Gasteiger partial charge in [-0.15, -0.1) is 0 Å². The van der Waals surface area contributed by atoms with Gasteiger partial charge in [0, 0.05) is 25.4 Å². The van der Waals surface area contributed by atoms with Crippen molar-refractivity contribution < 1.29 is 23.1 Å². The van der Waals surface area contributed by atoms with E-state index < -0.39 is 23.9 Å². The van der Waals surface area contributed by atoms with Gasteiger partial charge in [0.25, 0.3) is 0 Å². The molecule has 0 aliphatic rings. The second-order valence-corrected chi connectivity index (χ2v) is 5.08. The van der Waals surface area contributed by atoms with Gasteiger partial charge in [0.05, 0.1) is 12.5 Å². The zero-order chi connectivity index (χ0) is 17.0. The van der Waals surface area contributed by atoms with Crippen molar-refractivity contribution in [3.05, 3.63) is 53.3 Å².